The summed E-state index contributed by atoms with van der Waals surface area (Å²) in [5, 5.41) is 2.94. The molecule has 2 heterocycles. The number of sulfonamides is 1. The van der Waals surface area contributed by atoms with Crippen molar-refractivity contribution >= 4 is 38.7 Å². The lowest BCUT2D eigenvalue weighted by Crippen LogP contribution is -2.46. The van der Waals surface area contributed by atoms with Crippen molar-refractivity contribution < 1.29 is 13.2 Å². The SMILES string of the molecule is CCN1CCN(c2ccc(N=C(c3ccccc3)C3C(=O)Nc4ccc(S(=O)(=O)NCC5CC5)cc43)cc2)CC1. The van der Waals surface area contributed by atoms with E-state index in [0.29, 0.717) is 29.4 Å². The van der Waals surface area contributed by atoms with Crippen LogP contribution in [0.4, 0.5) is 17.1 Å². The molecule has 1 saturated heterocycles. The summed E-state index contributed by atoms with van der Waals surface area (Å²) in [5.41, 5.74) is 4.53. The average molecular weight is 558 g/mol. The zero-order chi connectivity index (χ0) is 27.7. The topological polar surface area (TPSA) is 94.1 Å². The number of likely N-dealkylation sites (N-methyl/N-ethyl adjacent to an activating group) is 1. The van der Waals surface area contributed by atoms with Crippen LogP contribution >= 0.6 is 0 Å². The van der Waals surface area contributed by atoms with Gasteiger partial charge in [-0.1, -0.05) is 37.3 Å². The summed E-state index contributed by atoms with van der Waals surface area (Å²) < 4.78 is 28.8. The van der Waals surface area contributed by atoms with Crippen molar-refractivity contribution in [3.8, 4) is 0 Å². The van der Waals surface area contributed by atoms with E-state index < -0.39 is 15.9 Å². The molecule has 0 radical (unpaired) electrons. The molecular weight excluding hydrogens is 522 g/mol. The number of piperazine rings is 1. The maximum Gasteiger partial charge on any atom is 0.240 e. The van der Waals surface area contributed by atoms with E-state index in [1.54, 1.807) is 18.2 Å². The first-order valence-corrected chi connectivity index (χ1v) is 15.6. The number of fused-ring (bicyclic) bond motifs is 1. The molecule has 3 aliphatic rings. The molecule has 40 heavy (non-hydrogen) atoms. The van der Waals surface area contributed by atoms with E-state index in [1.807, 2.05) is 42.5 Å². The largest absolute Gasteiger partial charge is 0.369 e. The Hall–Kier alpha value is -3.53. The van der Waals surface area contributed by atoms with Gasteiger partial charge in [0.1, 0.15) is 5.92 Å². The highest BCUT2D eigenvalue weighted by molar-refractivity contribution is 7.89. The Morgan fingerprint density at radius 1 is 0.975 bits per heavy atom. The maximum absolute atomic E-state index is 13.4. The van der Waals surface area contributed by atoms with E-state index in [9.17, 15) is 13.2 Å². The first-order chi connectivity index (χ1) is 19.4. The van der Waals surface area contributed by atoms with Crippen LogP contribution in [0, 0.1) is 5.92 Å². The molecule has 1 atom stereocenters. The van der Waals surface area contributed by atoms with Crippen LogP contribution in [0.5, 0.6) is 0 Å². The molecular formula is C31H35N5O3S. The second-order valence-corrected chi connectivity index (χ2v) is 12.5. The number of nitrogens with one attached hydrogen (secondary N) is 2. The third kappa shape index (κ3) is 5.68. The Labute approximate surface area is 236 Å². The Balaban J connectivity index is 1.32. The number of amides is 1. The van der Waals surface area contributed by atoms with Gasteiger partial charge in [-0.3, -0.25) is 9.79 Å². The molecule has 3 aromatic carbocycles. The van der Waals surface area contributed by atoms with Crippen LogP contribution in [-0.4, -0.2) is 64.2 Å². The number of anilines is 2. The molecule has 0 spiro atoms. The van der Waals surface area contributed by atoms with Gasteiger partial charge >= 0.3 is 0 Å². The van der Waals surface area contributed by atoms with Crippen molar-refractivity contribution in [1.29, 1.82) is 0 Å². The molecule has 1 amide bonds. The monoisotopic (exact) mass is 557 g/mol. The van der Waals surface area contributed by atoms with Gasteiger partial charge in [-0.15, -0.1) is 0 Å². The predicted molar refractivity (Wildman–Crippen MR) is 159 cm³/mol. The van der Waals surface area contributed by atoms with Gasteiger partial charge in [0.25, 0.3) is 0 Å². The molecule has 1 unspecified atom stereocenters. The standard InChI is InChI=1S/C31H35N5O3S/c1-2-35-16-18-36(19-17-35)25-12-10-24(11-13-25)33-30(23-6-4-3-5-7-23)29-27-20-26(14-15-28(27)34-31(29)37)40(38,39)32-21-22-8-9-22/h3-7,10-15,20,22,29,32H,2,8-9,16-19,21H2,1H3,(H,34,37). The Morgan fingerprint density at radius 3 is 2.38 bits per heavy atom. The lowest BCUT2D eigenvalue weighted by atomic mass is 9.90. The van der Waals surface area contributed by atoms with Crippen molar-refractivity contribution in [2.75, 3.05) is 49.5 Å². The van der Waals surface area contributed by atoms with Gasteiger partial charge < -0.3 is 15.1 Å². The van der Waals surface area contributed by atoms with E-state index in [0.717, 1.165) is 62.5 Å². The highest BCUT2D eigenvalue weighted by Crippen LogP contribution is 2.38. The zero-order valence-corrected chi connectivity index (χ0v) is 23.5. The van der Waals surface area contributed by atoms with Crippen LogP contribution in [0.2, 0.25) is 0 Å². The third-order valence-corrected chi connectivity index (χ3v) is 9.47. The number of carbonyl (C=O) groups is 1. The van der Waals surface area contributed by atoms with E-state index in [-0.39, 0.29) is 10.8 Å². The van der Waals surface area contributed by atoms with Crippen LogP contribution in [0.25, 0.3) is 0 Å². The normalized spacial score (nSPS) is 19.9. The summed E-state index contributed by atoms with van der Waals surface area (Å²) >= 11 is 0. The van der Waals surface area contributed by atoms with E-state index >= 15 is 0 Å². The summed E-state index contributed by atoms with van der Waals surface area (Å²) in [4.78, 5) is 23.4. The second-order valence-electron chi connectivity index (χ2n) is 10.8. The fourth-order valence-electron chi connectivity index (χ4n) is 5.42. The van der Waals surface area contributed by atoms with Crippen molar-refractivity contribution in [3.05, 3.63) is 83.9 Å². The second kappa shape index (κ2) is 11.2. The average Bonchev–Trinajstić information content (AvgIpc) is 3.76. The van der Waals surface area contributed by atoms with Gasteiger partial charge in [-0.05, 0) is 78.9 Å². The minimum absolute atomic E-state index is 0.160. The number of hydrogen-bond acceptors (Lipinski definition) is 6. The summed E-state index contributed by atoms with van der Waals surface area (Å²) in [6.07, 6.45) is 2.11. The number of aliphatic imine (C=N–C) groups is 1. The van der Waals surface area contributed by atoms with Gasteiger partial charge in [0, 0.05) is 44.1 Å². The van der Waals surface area contributed by atoms with Crippen LogP contribution in [0.1, 0.15) is 36.8 Å². The summed E-state index contributed by atoms with van der Waals surface area (Å²) in [6.45, 7) is 7.81. The first kappa shape index (κ1) is 26.7. The van der Waals surface area contributed by atoms with Gasteiger partial charge in [-0.2, -0.15) is 0 Å². The van der Waals surface area contributed by atoms with E-state index in [1.165, 1.54) is 0 Å². The Bertz CT molecular complexity index is 1510. The Morgan fingerprint density at radius 2 is 1.70 bits per heavy atom. The molecule has 1 aliphatic carbocycles. The predicted octanol–water partition coefficient (Wildman–Crippen LogP) is 4.37. The number of hydrogen-bond donors (Lipinski definition) is 2. The van der Waals surface area contributed by atoms with Crippen LogP contribution in [-0.2, 0) is 14.8 Å². The Kier molecular flexibility index (Phi) is 7.44. The van der Waals surface area contributed by atoms with Gasteiger partial charge in [-0.25, -0.2) is 13.1 Å². The molecule has 2 aliphatic heterocycles. The molecule has 2 N–H and O–H groups in total. The van der Waals surface area contributed by atoms with Crippen molar-refractivity contribution in [3.63, 3.8) is 0 Å². The molecule has 9 heteroatoms. The minimum atomic E-state index is -3.68. The number of carbonyl (C=O) groups excluding carboxylic acids is 1. The van der Waals surface area contributed by atoms with Gasteiger partial charge in [0.05, 0.1) is 16.3 Å². The molecule has 2 fully saturated rings. The van der Waals surface area contributed by atoms with Crippen LogP contribution in [0.3, 0.4) is 0 Å². The molecule has 208 valence electrons. The lowest BCUT2D eigenvalue weighted by molar-refractivity contribution is -0.115. The van der Waals surface area contributed by atoms with E-state index in [2.05, 4.69) is 38.9 Å². The highest BCUT2D eigenvalue weighted by Gasteiger charge is 2.36. The summed E-state index contributed by atoms with van der Waals surface area (Å²) in [7, 11) is -3.68. The fourth-order valence-corrected chi connectivity index (χ4v) is 6.57. The van der Waals surface area contributed by atoms with Crippen LogP contribution < -0.4 is 14.9 Å². The van der Waals surface area contributed by atoms with Crippen molar-refractivity contribution in [2.45, 2.75) is 30.6 Å². The quantitative estimate of drug-likeness (QED) is 0.381. The number of nitrogens with zero attached hydrogens (tertiary/aromatic N) is 3. The highest BCUT2D eigenvalue weighted by atomic mass is 32.2. The molecule has 3 aromatic rings. The zero-order valence-electron chi connectivity index (χ0n) is 22.7. The smallest absolute Gasteiger partial charge is 0.240 e. The minimum Gasteiger partial charge on any atom is -0.369 e. The summed E-state index contributed by atoms with van der Waals surface area (Å²) in [5.74, 6) is -0.536. The van der Waals surface area contributed by atoms with Gasteiger partial charge in [0.15, 0.2) is 0 Å². The van der Waals surface area contributed by atoms with E-state index in [4.69, 9.17) is 4.99 Å². The molecule has 0 bridgehead atoms. The van der Waals surface area contributed by atoms with Crippen molar-refractivity contribution in [2.24, 2.45) is 10.9 Å². The number of benzene rings is 3. The van der Waals surface area contributed by atoms with Crippen LogP contribution in [0.15, 0.2) is 82.7 Å². The lowest BCUT2D eigenvalue weighted by Gasteiger charge is -2.35. The fraction of sp³-hybridized carbons (Fsp3) is 0.355. The molecule has 1 saturated carbocycles. The molecule has 0 aromatic heterocycles. The van der Waals surface area contributed by atoms with Crippen molar-refractivity contribution in [1.82, 2.24) is 9.62 Å². The first-order valence-electron chi connectivity index (χ1n) is 14.1. The molecule has 6 rings (SSSR count). The maximum atomic E-state index is 13.4. The third-order valence-electron chi connectivity index (χ3n) is 8.05. The number of rotatable bonds is 9. The molecule has 8 nitrogen and oxygen atoms in total. The summed E-state index contributed by atoms with van der Waals surface area (Å²) in [6, 6.07) is 22.6. The van der Waals surface area contributed by atoms with Gasteiger partial charge in [0.2, 0.25) is 15.9 Å².